The predicted molar refractivity (Wildman–Crippen MR) is 63.5 cm³/mol. The van der Waals surface area contributed by atoms with E-state index < -0.39 is 0 Å². The van der Waals surface area contributed by atoms with Crippen LogP contribution in [0.5, 0.6) is 0 Å². The highest BCUT2D eigenvalue weighted by atomic mass is 35.5. The van der Waals surface area contributed by atoms with Crippen LogP contribution in [-0.4, -0.2) is 11.9 Å². The minimum absolute atomic E-state index is 0.0448. The van der Waals surface area contributed by atoms with Crippen molar-refractivity contribution in [1.29, 1.82) is 0 Å². The van der Waals surface area contributed by atoms with Gasteiger partial charge in [0, 0.05) is 23.4 Å². The number of carbonyl (C=O) groups is 1. The Hall–Kier alpha value is -0.930. The topological polar surface area (TPSA) is 26.3 Å². The Morgan fingerprint density at radius 2 is 2.06 bits per heavy atom. The van der Waals surface area contributed by atoms with Crippen LogP contribution in [0.4, 0.5) is 4.39 Å². The SMILES string of the molecule is O=C1CCC(OCc2c(F)cccc2Cl)CC1. The van der Waals surface area contributed by atoms with Crippen LogP contribution in [0.1, 0.15) is 31.2 Å². The molecule has 0 bridgehead atoms. The Balaban J connectivity index is 1.91. The summed E-state index contributed by atoms with van der Waals surface area (Å²) in [4.78, 5) is 11.1. The Bertz CT molecular complexity index is 390. The Kier molecular flexibility index (Phi) is 4.13. The number of carbonyl (C=O) groups excluding carboxylic acids is 1. The molecule has 92 valence electrons. The maximum atomic E-state index is 13.4. The standard InChI is InChI=1S/C13H14ClFO2/c14-12-2-1-3-13(15)11(12)8-17-10-6-4-9(16)5-7-10/h1-3,10H,4-8H2. The van der Waals surface area contributed by atoms with Gasteiger partial charge in [-0.15, -0.1) is 0 Å². The van der Waals surface area contributed by atoms with Gasteiger partial charge in [-0.2, -0.15) is 0 Å². The molecular formula is C13H14ClFO2. The molecule has 2 rings (SSSR count). The van der Waals surface area contributed by atoms with E-state index >= 15 is 0 Å². The molecule has 0 radical (unpaired) electrons. The quantitative estimate of drug-likeness (QED) is 0.827. The molecule has 1 aromatic rings. The zero-order chi connectivity index (χ0) is 12.3. The highest BCUT2D eigenvalue weighted by Crippen LogP contribution is 2.23. The van der Waals surface area contributed by atoms with E-state index in [1.807, 2.05) is 0 Å². The molecule has 0 spiro atoms. The van der Waals surface area contributed by atoms with Gasteiger partial charge >= 0.3 is 0 Å². The van der Waals surface area contributed by atoms with E-state index in [2.05, 4.69) is 0 Å². The van der Waals surface area contributed by atoms with Crippen molar-refractivity contribution >= 4 is 17.4 Å². The van der Waals surface area contributed by atoms with E-state index in [-0.39, 0.29) is 24.3 Å². The Labute approximate surface area is 105 Å². The zero-order valence-electron chi connectivity index (χ0n) is 9.42. The molecule has 1 aliphatic rings. The minimum Gasteiger partial charge on any atom is -0.373 e. The molecule has 1 saturated carbocycles. The lowest BCUT2D eigenvalue weighted by atomic mass is 9.96. The van der Waals surface area contributed by atoms with E-state index in [4.69, 9.17) is 16.3 Å². The van der Waals surface area contributed by atoms with Gasteiger partial charge in [-0.05, 0) is 25.0 Å². The molecule has 0 amide bonds. The minimum atomic E-state index is -0.343. The van der Waals surface area contributed by atoms with E-state index in [0.29, 0.717) is 23.4 Å². The van der Waals surface area contributed by atoms with Crippen molar-refractivity contribution in [2.24, 2.45) is 0 Å². The fourth-order valence-corrected chi connectivity index (χ4v) is 2.17. The number of benzene rings is 1. The summed E-state index contributed by atoms with van der Waals surface area (Å²) in [5.74, 6) is -0.0573. The monoisotopic (exact) mass is 256 g/mol. The van der Waals surface area contributed by atoms with Crippen molar-refractivity contribution in [1.82, 2.24) is 0 Å². The highest BCUT2D eigenvalue weighted by Gasteiger charge is 2.19. The molecule has 0 unspecified atom stereocenters. The smallest absolute Gasteiger partial charge is 0.133 e. The fourth-order valence-electron chi connectivity index (χ4n) is 1.95. The molecule has 0 atom stereocenters. The Morgan fingerprint density at radius 3 is 2.71 bits per heavy atom. The van der Waals surface area contributed by atoms with Crippen molar-refractivity contribution in [2.75, 3.05) is 0 Å². The number of rotatable bonds is 3. The van der Waals surface area contributed by atoms with Gasteiger partial charge in [0.05, 0.1) is 12.7 Å². The molecule has 0 aliphatic heterocycles. The van der Waals surface area contributed by atoms with E-state index in [1.54, 1.807) is 12.1 Å². The summed E-state index contributed by atoms with van der Waals surface area (Å²) in [6.07, 6.45) is 2.63. The number of halogens is 2. The van der Waals surface area contributed by atoms with Crippen LogP contribution in [0, 0.1) is 5.82 Å². The summed E-state index contributed by atoms with van der Waals surface area (Å²) in [5.41, 5.74) is 0.395. The van der Waals surface area contributed by atoms with Crippen molar-refractivity contribution in [3.05, 3.63) is 34.6 Å². The van der Waals surface area contributed by atoms with Gasteiger partial charge in [0.1, 0.15) is 11.6 Å². The van der Waals surface area contributed by atoms with Crippen LogP contribution >= 0.6 is 11.6 Å². The summed E-state index contributed by atoms with van der Waals surface area (Å²) in [6.45, 7) is 0.171. The van der Waals surface area contributed by atoms with Gasteiger partial charge in [-0.3, -0.25) is 4.79 Å². The summed E-state index contributed by atoms with van der Waals surface area (Å²) in [7, 11) is 0. The molecule has 0 saturated heterocycles. The first kappa shape index (κ1) is 12.5. The average molecular weight is 257 g/mol. The molecule has 17 heavy (non-hydrogen) atoms. The summed E-state index contributed by atoms with van der Waals surface area (Å²) in [6, 6.07) is 4.59. The van der Waals surface area contributed by atoms with Crippen LogP contribution in [0.3, 0.4) is 0 Å². The Morgan fingerprint density at radius 1 is 1.35 bits per heavy atom. The van der Waals surface area contributed by atoms with Crippen molar-refractivity contribution in [3.63, 3.8) is 0 Å². The van der Waals surface area contributed by atoms with Gasteiger partial charge in [0.2, 0.25) is 0 Å². The zero-order valence-corrected chi connectivity index (χ0v) is 10.2. The summed E-state index contributed by atoms with van der Waals surface area (Å²) >= 11 is 5.90. The number of hydrogen-bond acceptors (Lipinski definition) is 2. The lowest BCUT2D eigenvalue weighted by Crippen LogP contribution is -2.21. The molecular weight excluding hydrogens is 243 g/mol. The first-order valence-corrected chi connectivity index (χ1v) is 6.11. The second-order valence-electron chi connectivity index (χ2n) is 4.25. The first-order chi connectivity index (χ1) is 8.16. The van der Waals surface area contributed by atoms with Gasteiger partial charge in [-0.1, -0.05) is 17.7 Å². The molecule has 1 aromatic carbocycles. The third kappa shape index (κ3) is 3.27. The van der Waals surface area contributed by atoms with Gasteiger partial charge < -0.3 is 4.74 Å². The molecule has 1 aliphatic carbocycles. The number of Topliss-reactive ketones (excluding diaryl/α,β-unsaturated/α-hetero) is 1. The predicted octanol–water partition coefficient (Wildman–Crippen LogP) is 3.51. The van der Waals surface area contributed by atoms with Crippen LogP contribution in [0.2, 0.25) is 5.02 Å². The van der Waals surface area contributed by atoms with E-state index in [0.717, 1.165) is 12.8 Å². The molecule has 0 aromatic heterocycles. The first-order valence-electron chi connectivity index (χ1n) is 5.73. The second kappa shape index (κ2) is 5.61. The lowest BCUT2D eigenvalue weighted by molar-refractivity contribution is -0.123. The van der Waals surface area contributed by atoms with Crippen LogP contribution in [-0.2, 0) is 16.1 Å². The van der Waals surface area contributed by atoms with E-state index in [9.17, 15) is 9.18 Å². The van der Waals surface area contributed by atoms with Gasteiger partial charge in [0.25, 0.3) is 0 Å². The van der Waals surface area contributed by atoms with Crippen LogP contribution < -0.4 is 0 Å². The molecule has 1 fully saturated rings. The largest absolute Gasteiger partial charge is 0.373 e. The van der Waals surface area contributed by atoms with Crippen LogP contribution in [0.15, 0.2) is 18.2 Å². The van der Waals surface area contributed by atoms with Gasteiger partial charge in [-0.25, -0.2) is 4.39 Å². The van der Waals surface area contributed by atoms with Crippen molar-refractivity contribution < 1.29 is 13.9 Å². The molecule has 4 heteroatoms. The summed E-state index contributed by atoms with van der Waals surface area (Å²) < 4.78 is 19.1. The fraction of sp³-hybridized carbons (Fsp3) is 0.462. The molecule has 2 nitrogen and oxygen atoms in total. The third-order valence-electron chi connectivity index (χ3n) is 3.02. The van der Waals surface area contributed by atoms with E-state index in [1.165, 1.54) is 6.07 Å². The van der Waals surface area contributed by atoms with Gasteiger partial charge in [0.15, 0.2) is 0 Å². The number of hydrogen-bond donors (Lipinski definition) is 0. The number of ether oxygens (including phenoxy) is 1. The van der Waals surface area contributed by atoms with Crippen LogP contribution in [0.25, 0.3) is 0 Å². The van der Waals surface area contributed by atoms with Crippen molar-refractivity contribution in [3.8, 4) is 0 Å². The highest BCUT2D eigenvalue weighted by molar-refractivity contribution is 6.31. The number of ketones is 1. The summed E-state index contributed by atoms with van der Waals surface area (Å²) in [5, 5.41) is 0.386. The average Bonchev–Trinajstić information content (AvgIpc) is 2.31. The molecule has 0 heterocycles. The second-order valence-corrected chi connectivity index (χ2v) is 4.66. The maximum absolute atomic E-state index is 13.4. The van der Waals surface area contributed by atoms with Crippen molar-refractivity contribution in [2.45, 2.75) is 38.4 Å². The molecule has 0 N–H and O–H groups in total. The normalized spacial score (nSPS) is 17.4. The third-order valence-corrected chi connectivity index (χ3v) is 3.37. The maximum Gasteiger partial charge on any atom is 0.133 e. The lowest BCUT2D eigenvalue weighted by Gasteiger charge is -2.21.